The van der Waals surface area contributed by atoms with Gasteiger partial charge in [-0.15, -0.1) is 6.58 Å². The number of amides is 1. The third-order valence-corrected chi connectivity index (χ3v) is 4.59. The Kier molecular flexibility index (Phi) is 17.5. The quantitative estimate of drug-likeness (QED) is 0.247. The molecule has 0 saturated carbocycles. The van der Waals surface area contributed by atoms with Crippen molar-refractivity contribution >= 4 is 5.91 Å². The van der Waals surface area contributed by atoms with Gasteiger partial charge < -0.3 is 4.90 Å². The van der Waals surface area contributed by atoms with Crippen molar-refractivity contribution in [3.8, 4) is 0 Å². The lowest BCUT2D eigenvalue weighted by atomic mass is 10.0. The van der Waals surface area contributed by atoms with E-state index in [1.807, 2.05) is 6.08 Å². The van der Waals surface area contributed by atoms with Crippen LogP contribution >= 0.6 is 0 Å². The first kappa shape index (κ1) is 22.9. The Labute approximate surface area is 151 Å². The molecule has 1 amide bonds. The second-order valence-electron chi connectivity index (χ2n) is 6.84. The van der Waals surface area contributed by atoms with Crippen molar-refractivity contribution in [2.24, 2.45) is 0 Å². The van der Waals surface area contributed by atoms with Crippen LogP contribution in [0.4, 0.5) is 0 Å². The summed E-state index contributed by atoms with van der Waals surface area (Å²) in [5.74, 6) is 0.208. The predicted molar refractivity (Wildman–Crippen MR) is 107 cm³/mol. The third kappa shape index (κ3) is 14.5. The van der Waals surface area contributed by atoms with Crippen LogP contribution in [0, 0.1) is 0 Å². The zero-order valence-corrected chi connectivity index (χ0v) is 16.2. The molecule has 1 rings (SSSR count). The minimum atomic E-state index is 0.208. The van der Waals surface area contributed by atoms with E-state index in [1.54, 1.807) is 11.1 Å². The van der Waals surface area contributed by atoms with E-state index in [0.29, 0.717) is 6.42 Å². The summed E-state index contributed by atoms with van der Waals surface area (Å²) in [6.07, 6.45) is 23.8. The van der Waals surface area contributed by atoms with Crippen LogP contribution in [0.25, 0.3) is 0 Å². The van der Waals surface area contributed by atoms with Crippen molar-refractivity contribution in [3.63, 3.8) is 0 Å². The van der Waals surface area contributed by atoms with Crippen molar-refractivity contribution in [3.05, 3.63) is 25.4 Å². The molecule has 140 valence electrons. The molecule has 1 saturated heterocycles. The standard InChI is InChI=1S/C16H32.C6H9NO/c1-3-5-7-9-11-13-15-16-14-12-10-8-6-4-2;1-2-7-5-3-4-6(7)8/h3H,1,4-16H2,2H3;2H,1,3-5H2. The molecule has 24 heavy (non-hydrogen) atoms. The Morgan fingerprint density at radius 2 is 1.38 bits per heavy atom. The first-order valence-corrected chi connectivity index (χ1v) is 10.3. The SMILES string of the molecule is C=CCCCCCCCCCCCCCC.C=CN1CCCC1=O. The Bertz CT molecular complexity index is 311. The van der Waals surface area contributed by atoms with Crippen molar-refractivity contribution in [2.45, 2.75) is 103 Å². The summed E-state index contributed by atoms with van der Waals surface area (Å²) >= 11 is 0. The van der Waals surface area contributed by atoms with Gasteiger partial charge in [0.05, 0.1) is 0 Å². The fraction of sp³-hybridized carbons (Fsp3) is 0.773. The van der Waals surface area contributed by atoms with Gasteiger partial charge >= 0.3 is 0 Å². The van der Waals surface area contributed by atoms with Crippen molar-refractivity contribution in [2.75, 3.05) is 6.54 Å². The molecular weight excluding hydrogens is 294 g/mol. The molecule has 0 atom stereocenters. The van der Waals surface area contributed by atoms with Gasteiger partial charge in [-0.25, -0.2) is 0 Å². The minimum Gasteiger partial charge on any atom is -0.320 e. The first-order chi connectivity index (χ1) is 11.8. The van der Waals surface area contributed by atoms with E-state index in [2.05, 4.69) is 20.1 Å². The molecule has 1 aliphatic rings. The summed E-state index contributed by atoms with van der Waals surface area (Å²) in [7, 11) is 0. The maximum absolute atomic E-state index is 10.7. The van der Waals surface area contributed by atoms with Crippen molar-refractivity contribution in [1.82, 2.24) is 4.90 Å². The van der Waals surface area contributed by atoms with Gasteiger partial charge in [0.15, 0.2) is 0 Å². The molecular formula is C22H41NO. The average Bonchev–Trinajstić information content (AvgIpc) is 3.01. The monoisotopic (exact) mass is 335 g/mol. The van der Waals surface area contributed by atoms with E-state index in [9.17, 15) is 4.79 Å². The van der Waals surface area contributed by atoms with Crippen molar-refractivity contribution < 1.29 is 4.79 Å². The first-order valence-electron chi connectivity index (χ1n) is 10.3. The number of nitrogens with zero attached hydrogens (tertiary/aromatic N) is 1. The smallest absolute Gasteiger partial charge is 0.226 e. The molecule has 1 heterocycles. The van der Waals surface area contributed by atoms with Crippen LogP contribution < -0.4 is 0 Å². The Morgan fingerprint density at radius 3 is 1.71 bits per heavy atom. The lowest BCUT2D eigenvalue weighted by Crippen LogP contribution is -2.16. The summed E-state index contributed by atoms with van der Waals surface area (Å²) in [5, 5.41) is 0. The highest BCUT2D eigenvalue weighted by atomic mass is 16.2. The zero-order chi connectivity index (χ0) is 17.9. The molecule has 1 aliphatic heterocycles. The van der Waals surface area contributed by atoms with Crippen LogP contribution in [-0.2, 0) is 4.79 Å². The number of carbonyl (C=O) groups excluding carboxylic acids is 1. The molecule has 0 unspecified atom stereocenters. The minimum absolute atomic E-state index is 0.208. The topological polar surface area (TPSA) is 20.3 Å². The number of hydrogen-bond acceptors (Lipinski definition) is 1. The maximum atomic E-state index is 10.7. The van der Waals surface area contributed by atoms with Crippen LogP contribution in [0.3, 0.4) is 0 Å². The Morgan fingerprint density at radius 1 is 0.875 bits per heavy atom. The number of hydrogen-bond donors (Lipinski definition) is 0. The zero-order valence-electron chi connectivity index (χ0n) is 16.2. The van der Waals surface area contributed by atoms with Gasteiger partial charge in [-0.2, -0.15) is 0 Å². The molecule has 1 fully saturated rings. The molecule has 0 spiro atoms. The van der Waals surface area contributed by atoms with Gasteiger partial charge in [0.25, 0.3) is 0 Å². The molecule has 0 aromatic rings. The summed E-state index contributed by atoms with van der Waals surface area (Å²) in [4.78, 5) is 12.3. The van der Waals surface area contributed by atoms with Gasteiger partial charge in [-0.1, -0.05) is 90.2 Å². The fourth-order valence-corrected chi connectivity index (χ4v) is 2.99. The van der Waals surface area contributed by atoms with Crippen LogP contribution in [0.2, 0.25) is 0 Å². The largest absolute Gasteiger partial charge is 0.320 e. The molecule has 0 aliphatic carbocycles. The van der Waals surface area contributed by atoms with E-state index in [0.717, 1.165) is 13.0 Å². The Hall–Kier alpha value is -1.05. The van der Waals surface area contributed by atoms with E-state index >= 15 is 0 Å². The van der Waals surface area contributed by atoms with Gasteiger partial charge in [0, 0.05) is 13.0 Å². The molecule has 0 bridgehead atoms. The summed E-state index contributed by atoms with van der Waals surface area (Å²) in [6, 6.07) is 0. The second kappa shape index (κ2) is 18.3. The molecule has 2 heteroatoms. The molecule has 0 radical (unpaired) electrons. The number of allylic oxidation sites excluding steroid dienone is 1. The van der Waals surface area contributed by atoms with E-state index < -0.39 is 0 Å². The predicted octanol–water partition coefficient (Wildman–Crippen LogP) is 7.02. The van der Waals surface area contributed by atoms with Gasteiger partial charge in [0.2, 0.25) is 5.91 Å². The lowest BCUT2D eigenvalue weighted by molar-refractivity contribution is -0.125. The highest BCUT2D eigenvalue weighted by Gasteiger charge is 2.15. The molecule has 0 aromatic heterocycles. The number of likely N-dealkylation sites (tertiary alicyclic amines) is 1. The van der Waals surface area contributed by atoms with E-state index in [-0.39, 0.29) is 5.91 Å². The van der Waals surface area contributed by atoms with Gasteiger partial charge in [-0.05, 0) is 25.5 Å². The van der Waals surface area contributed by atoms with Gasteiger partial charge in [0.1, 0.15) is 0 Å². The number of rotatable bonds is 14. The highest BCUT2D eigenvalue weighted by Crippen LogP contribution is 2.12. The van der Waals surface area contributed by atoms with Crippen LogP contribution in [0.5, 0.6) is 0 Å². The van der Waals surface area contributed by atoms with Crippen LogP contribution in [0.15, 0.2) is 25.4 Å². The second-order valence-corrected chi connectivity index (χ2v) is 6.84. The molecule has 2 nitrogen and oxygen atoms in total. The number of unbranched alkanes of at least 4 members (excludes halogenated alkanes) is 12. The molecule has 0 aromatic carbocycles. The summed E-state index contributed by atoms with van der Waals surface area (Å²) in [5.41, 5.74) is 0. The van der Waals surface area contributed by atoms with E-state index in [1.165, 1.54) is 83.5 Å². The van der Waals surface area contributed by atoms with E-state index in [4.69, 9.17) is 0 Å². The van der Waals surface area contributed by atoms with Crippen LogP contribution in [0.1, 0.15) is 103 Å². The Balaban J connectivity index is 0.000000546. The fourth-order valence-electron chi connectivity index (χ4n) is 2.99. The molecule has 0 N–H and O–H groups in total. The van der Waals surface area contributed by atoms with Gasteiger partial charge in [-0.3, -0.25) is 4.79 Å². The van der Waals surface area contributed by atoms with Crippen LogP contribution in [-0.4, -0.2) is 17.4 Å². The normalized spacial score (nSPS) is 13.5. The summed E-state index contributed by atoms with van der Waals surface area (Å²) in [6.45, 7) is 10.4. The highest BCUT2D eigenvalue weighted by molar-refractivity contribution is 5.78. The average molecular weight is 336 g/mol. The lowest BCUT2D eigenvalue weighted by Gasteiger charge is -2.05. The van der Waals surface area contributed by atoms with Crippen molar-refractivity contribution in [1.29, 1.82) is 0 Å². The third-order valence-electron chi connectivity index (χ3n) is 4.59. The summed E-state index contributed by atoms with van der Waals surface area (Å²) < 4.78 is 0. The number of carbonyl (C=O) groups is 1. The maximum Gasteiger partial charge on any atom is 0.226 e.